The molecule has 8 heteroatoms. The molecule has 3 N–H and O–H groups in total. The second-order valence-corrected chi connectivity index (χ2v) is 7.40. The van der Waals surface area contributed by atoms with Crippen LogP contribution in [-0.2, 0) is 0 Å². The van der Waals surface area contributed by atoms with Crippen LogP contribution in [0.1, 0.15) is 0 Å². The van der Waals surface area contributed by atoms with E-state index in [0.717, 1.165) is 48.0 Å². The van der Waals surface area contributed by atoms with Crippen LogP contribution < -0.4 is 21.9 Å². The third kappa shape index (κ3) is 3.87. The van der Waals surface area contributed by atoms with Crippen molar-refractivity contribution in [2.75, 3.05) is 26.2 Å². The van der Waals surface area contributed by atoms with E-state index in [4.69, 9.17) is 10.2 Å². The van der Waals surface area contributed by atoms with Crippen molar-refractivity contribution in [2.24, 2.45) is 15.7 Å². The zero-order chi connectivity index (χ0) is 21.2. The molecule has 8 nitrogen and oxygen atoms in total. The summed E-state index contributed by atoms with van der Waals surface area (Å²) in [5.74, 6) is 0.504. The topological polar surface area (TPSA) is 103 Å². The summed E-state index contributed by atoms with van der Waals surface area (Å²) in [5, 5.41) is 2.19. The Bertz CT molecular complexity index is 1430. The van der Waals surface area contributed by atoms with Gasteiger partial charge in [0.1, 0.15) is 5.35 Å². The molecular formula is C23H22N6O2. The lowest BCUT2D eigenvalue weighted by Gasteiger charge is -2.34. The number of oxazole rings is 1. The third-order valence-electron chi connectivity index (χ3n) is 5.40. The molecule has 1 aromatic heterocycles. The largest absolute Gasteiger partial charge is 0.404 e. The maximum atomic E-state index is 12.4. The second-order valence-electron chi connectivity index (χ2n) is 7.40. The van der Waals surface area contributed by atoms with E-state index in [1.54, 1.807) is 6.21 Å². The summed E-state index contributed by atoms with van der Waals surface area (Å²) < 4.78 is 5.50. The number of piperazine rings is 1. The second kappa shape index (κ2) is 7.98. The Labute approximate surface area is 177 Å². The lowest BCUT2D eigenvalue weighted by molar-refractivity contribution is 0.252. The van der Waals surface area contributed by atoms with Gasteiger partial charge in [-0.3, -0.25) is 4.99 Å². The molecule has 0 bridgehead atoms. The minimum absolute atomic E-state index is 0.390. The van der Waals surface area contributed by atoms with Crippen LogP contribution in [0.5, 0.6) is 0 Å². The smallest absolute Gasteiger partial charge is 0.363 e. The molecule has 0 unspecified atom stereocenters. The minimum atomic E-state index is -0.390. The molecule has 0 spiro atoms. The van der Waals surface area contributed by atoms with Crippen molar-refractivity contribution in [3.63, 3.8) is 0 Å². The van der Waals surface area contributed by atoms with Gasteiger partial charge in [0.25, 0.3) is 0 Å². The normalized spacial score (nSPS) is 17.7. The van der Waals surface area contributed by atoms with Gasteiger partial charge in [-0.05, 0) is 30.3 Å². The molecule has 156 valence electrons. The molecule has 3 aromatic rings. The molecule has 2 aliphatic heterocycles. The summed E-state index contributed by atoms with van der Waals surface area (Å²) in [6, 6.07) is 15.4. The van der Waals surface area contributed by atoms with Crippen LogP contribution in [0, 0.1) is 10.8 Å². The van der Waals surface area contributed by atoms with Gasteiger partial charge in [-0.2, -0.15) is 0 Å². The van der Waals surface area contributed by atoms with Gasteiger partial charge in [0, 0.05) is 49.0 Å². The van der Waals surface area contributed by atoms with Crippen molar-refractivity contribution in [2.45, 2.75) is 0 Å². The molecule has 3 heterocycles. The van der Waals surface area contributed by atoms with Gasteiger partial charge in [0.05, 0.1) is 11.4 Å². The SMILES string of the molecule is NC(=Nc1ccccc1)N1CCN(C=c2[nH]c(=c3cccc4c3=CC=N4)oc2=O)CC1. The minimum Gasteiger partial charge on any atom is -0.404 e. The Morgan fingerprint density at radius 3 is 2.71 bits per heavy atom. The van der Waals surface area contributed by atoms with Crippen LogP contribution in [0.15, 0.2) is 67.7 Å². The number of benzene rings is 2. The Balaban J connectivity index is 1.37. The van der Waals surface area contributed by atoms with Gasteiger partial charge in [-0.15, -0.1) is 0 Å². The highest BCUT2D eigenvalue weighted by Crippen LogP contribution is 2.11. The highest BCUT2D eigenvalue weighted by Gasteiger charge is 2.16. The molecule has 5 rings (SSSR count). The van der Waals surface area contributed by atoms with Crippen molar-refractivity contribution in [3.05, 3.63) is 80.3 Å². The van der Waals surface area contributed by atoms with Crippen LogP contribution in [0.25, 0.3) is 12.3 Å². The predicted octanol–water partition coefficient (Wildman–Crippen LogP) is 0.753. The number of guanidine groups is 1. The number of nitrogens with two attached hydrogens (primary N) is 1. The molecule has 31 heavy (non-hydrogen) atoms. The molecule has 0 aliphatic carbocycles. The van der Waals surface area contributed by atoms with Crippen molar-refractivity contribution >= 4 is 35.8 Å². The van der Waals surface area contributed by atoms with Crippen molar-refractivity contribution < 1.29 is 4.42 Å². The van der Waals surface area contributed by atoms with Crippen molar-refractivity contribution in [1.29, 1.82) is 0 Å². The number of H-pyrrole nitrogens is 1. The zero-order valence-corrected chi connectivity index (χ0v) is 16.9. The molecule has 0 amide bonds. The number of para-hydroxylation sites is 1. The van der Waals surface area contributed by atoms with E-state index in [2.05, 4.69) is 19.9 Å². The van der Waals surface area contributed by atoms with Crippen molar-refractivity contribution in [3.8, 4) is 0 Å². The first kappa shape index (κ1) is 18.9. The fraction of sp³-hybridized carbons (Fsp3) is 0.174. The Morgan fingerprint density at radius 2 is 1.90 bits per heavy atom. The predicted molar refractivity (Wildman–Crippen MR) is 121 cm³/mol. The average molecular weight is 414 g/mol. The van der Waals surface area contributed by atoms with Crippen LogP contribution in [0.4, 0.5) is 11.4 Å². The first-order valence-corrected chi connectivity index (χ1v) is 10.1. The number of nitrogens with one attached hydrogen (secondary N) is 1. The molecule has 0 atom stereocenters. The average Bonchev–Trinajstić information content (AvgIpc) is 3.41. The number of hydrogen-bond acceptors (Lipinski definition) is 5. The number of rotatable bonds is 2. The van der Waals surface area contributed by atoms with Crippen LogP contribution in [-0.4, -0.2) is 53.1 Å². The van der Waals surface area contributed by atoms with Gasteiger partial charge in [-0.25, -0.2) is 9.79 Å². The van der Waals surface area contributed by atoms with E-state index in [-0.39, 0.29) is 5.63 Å². The molecule has 2 aromatic carbocycles. The maximum Gasteiger partial charge on any atom is 0.363 e. The monoisotopic (exact) mass is 414 g/mol. The quantitative estimate of drug-likeness (QED) is 0.476. The summed E-state index contributed by atoms with van der Waals surface area (Å²) >= 11 is 0. The lowest BCUT2D eigenvalue weighted by atomic mass is 10.2. The first-order valence-electron chi connectivity index (χ1n) is 10.1. The first-order chi connectivity index (χ1) is 15.2. The van der Waals surface area contributed by atoms with E-state index in [1.807, 2.05) is 65.7 Å². The third-order valence-corrected chi connectivity index (χ3v) is 5.40. The number of aliphatic imine (C=N–C) groups is 2. The van der Waals surface area contributed by atoms with Gasteiger partial charge in [-0.1, -0.05) is 24.3 Å². The highest BCUT2D eigenvalue weighted by molar-refractivity contribution is 5.96. The van der Waals surface area contributed by atoms with E-state index >= 15 is 0 Å². The molecule has 2 aliphatic rings. The fourth-order valence-electron chi connectivity index (χ4n) is 3.75. The summed E-state index contributed by atoms with van der Waals surface area (Å²) in [5.41, 5.74) is 7.93. The number of fused-ring (bicyclic) bond motifs is 1. The van der Waals surface area contributed by atoms with Crippen LogP contribution >= 0.6 is 0 Å². The number of aromatic nitrogens is 1. The van der Waals surface area contributed by atoms with E-state index < -0.39 is 0 Å². The Hall–Kier alpha value is -4.07. The summed E-state index contributed by atoms with van der Waals surface area (Å²) in [7, 11) is 0. The standard InChI is InChI=1S/C23H22N6O2/c24-23(26-16-5-2-1-3-6-16)29-13-11-28(12-14-29)15-20-22(30)31-21(27-20)18-7-4-8-19-17(18)9-10-25-19/h1-10,15,27H,11-14H2,(H2,24,26). The molecule has 1 saturated heterocycles. The molecule has 0 radical (unpaired) electrons. The summed E-state index contributed by atoms with van der Waals surface area (Å²) in [4.78, 5) is 28.5. The van der Waals surface area contributed by atoms with Gasteiger partial charge in [0.15, 0.2) is 5.96 Å². The number of nitrogens with zero attached hydrogens (tertiary/aromatic N) is 4. The zero-order valence-electron chi connectivity index (χ0n) is 16.9. The maximum absolute atomic E-state index is 12.4. The van der Waals surface area contributed by atoms with E-state index in [0.29, 0.717) is 16.9 Å². The molecule has 1 fully saturated rings. The lowest BCUT2D eigenvalue weighted by Crippen LogP contribution is -2.50. The van der Waals surface area contributed by atoms with Crippen LogP contribution in [0.3, 0.4) is 0 Å². The summed E-state index contributed by atoms with van der Waals surface area (Å²) in [6.07, 6.45) is 5.48. The number of aromatic amines is 1. The highest BCUT2D eigenvalue weighted by atomic mass is 16.4. The summed E-state index contributed by atoms with van der Waals surface area (Å²) in [6.45, 7) is 2.88. The Kier molecular flexibility index (Phi) is 4.87. The van der Waals surface area contributed by atoms with Gasteiger partial charge >= 0.3 is 5.63 Å². The van der Waals surface area contributed by atoms with Gasteiger partial charge in [0.2, 0.25) is 5.55 Å². The van der Waals surface area contributed by atoms with Gasteiger partial charge < -0.3 is 24.9 Å². The van der Waals surface area contributed by atoms with E-state index in [1.165, 1.54) is 0 Å². The molecular weight excluding hydrogens is 392 g/mol. The van der Waals surface area contributed by atoms with Crippen LogP contribution in [0.2, 0.25) is 0 Å². The Morgan fingerprint density at radius 1 is 1.10 bits per heavy atom. The number of hydrogen-bond donors (Lipinski definition) is 2. The van der Waals surface area contributed by atoms with Crippen molar-refractivity contribution in [1.82, 2.24) is 14.8 Å². The fourth-order valence-corrected chi connectivity index (χ4v) is 3.75. The molecule has 0 saturated carbocycles. The van der Waals surface area contributed by atoms with E-state index in [9.17, 15) is 4.79 Å².